The molecule has 2 N–H and O–H groups in total. The summed E-state index contributed by atoms with van der Waals surface area (Å²) in [6, 6.07) is 0.0811. The molecule has 1 aliphatic carbocycles. The van der Waals surface area contributed by atoms with Gasteiger partial charge in [-0.1, -0.05) is 20.3 Å². The van der Waals surface area contributed by atoms with E-state index in [-0.39, 0.29) is 6.04 Å². The second kappa shape index (κ2) is 6.30. The van der Waals surface area contributed by atoms with Crippen LogP contribution in [0.25, 0.3) is 0 Å². The van der Waals surface area contributed by atoms with Crippen LogP contribution in [0.15, 0.2) is 0 Å². The summed E-state index contributed by atoms with van der Waals surface area (Å²) in [6.07, 6.45) is 4.19. The van der Waals surface area contributed by atoms with E-state index in [0.29, 0.717) is 37.4 Å². The van der Waals surface area contributed by atoms with Gasteiger partial charge in [0.2, 0.25) is 0 Å². The lowest BCUT2D eigenvalue weighted by Gasteiger charge is -2.38. The number of rotatable bonds is 4. The first kappa shape index (κ1) is 16.2. The molecule has 2 aliphatic rings. The summed E-state index contributed by atoms with van der Waals surface area (Å²) in [7, 11) is -1.61. The number of piperidine rings is 1. The quantitative estimate of drug-likeness (QED) is 0.850. The van der Waals surface area contributed by atoms with Crippen LogP contribution in [0.1, 0.15) is 39.5 Å². The minimum atomic E-state index is -3.34. The highest BCUT2D eigenvalue weighted by molar-refractivity contribution is 7.86. The fraction of sp³-hybridized carbons (Fsp3) is 1.00. The Kier molecular flexibility index (Phi) is 5.10. The van der Waals surface area contributed by atoms with Gasteiger partial charge in [0.1, 0.15) is 0 Å². The van der Waals surface area contributed by atoms with E-state index >= 15 is 0 Å². The molecule has 4 unspecified atom stereocenters. The van der Waals surface area contributed by atoms with Gasteiger partial charge in [0.25, 0.3) is 10.2 Å². The van der Waals surface area contributed by atoms with Crippen molar-refractivity contribution in [3.05, 3.63) is 0 Å². The molecule has 1 aliphatic heterocycles. The highest BCUT2D eigenvalue weighted by Crippen LogP contribution is 2.32. The minimum Gasteiger partial charge on any atom is -0.330 e. The van der Waals surface area contributed by atoms with Gasteiger partial charge in [-0.25, -0.2) is 0 Å². The molecule has 118 valence electrons. The van der Waals surface area contributed by atoms with Crippen LogP contribution in [0.3, 0.4) is 0 Å². The lowest BCUT2D eigenvalue weighted by atomic mass is 9.94. The Morgan fingerprint density at radius 1 is 1.20 bits per heavy atom. The van der Waals surface area contributed by atoms with E-state index in [1.165, 1.54) is 0 Å². The van der Waals surface area contributed by atoms with Gasteiger partial charge in [-0.2, -0.15) is 17.0 Å². The smallest absolute Gasteiger partial charge is 0.282 e. The van der Waals surface area contributed by atoms with Crippen LogP contribution >= 0.6 is 0 Å². The van der Waals surface area contributed by atoms with Crippen LogP contribution in [0.2, 0.25) is 0 Å². The van der Waals surface area contributed by atoms with Gasteiger partial charge in [-0.3, -0.25) is 0 Å². The summed E-state index contributed by atoms with van der Waals surface area (Å²) >= 11 is 0. The van der Waals surface area contributed by atoms with Gasteiger partial charge < -0.3 is 5.73 Å². The topological polar surface area (TPSA) is 66.6 Å². The molecule has 0 bridgehead atoms. The second-order valence-corrected chi connectivity index (χ2v) is 8.77. The molecule has 1 saturated carbocycles. The van der Waals surface area contributed by atoms with Crippen molar-refractivity contribution in [2.24, 2.45) is 23.5 Å². The molecule has 1 saturated heterocycles. The molecule has 4 atom stereocenters. The van der Waals surface area contributed by atoms with Crippen LogP contribution in [0.4, 0.5) is 0 Å². The third-order valence-electron chi connectivity index (χ3n) is 4.91. The molecule has 1 heterocycles. The molecule has 0 amide bonds. The van der Waals surface area contributed by atoms with Crippen molar-refractivity contribution in [3.63, 3.8) is 0 Å². The van der Waals surface area contributed by atoms with E-state index in [2.05, 4.69) is 13.8 Å². The third kappa shape index (κ3) is 3.18. The van der Waals surface area contributed by atoms with E-state index in [1.54, 1.807) is 15.7 Å². The van der Waals surface area contributed by atoms with Crippen LogP contribution < -0.4 is 5.73 Å². The van der Waals surface area contributed by atoms with Gasteiger partial charge in [0, 0.05) is 26.2 Å². The highest BCUT2D eigenvalue weighted by Gasteiger charge is 2.39. The SMILES string of the molecule is CC1CC(C)CN(S(=O)(=O)N(C)C2CCCC2CN)C1. The molecule has 0 aromatic carbocycles. The summed E-state index contributed by atoms with van der Waals surface area (Å²) in [5.41, 5.74) is 5.79. The zero-order valence-electron chi connectivity index (χ0n) is 13.0. The van der Waals surface area contributed by atoms with Gasteiger partial charge in [0.15, 0.2) is 0 Å². The standard InChI is InChI=1S/C14H29N3O2S/c1-11-7-12(2)10-17(9-11)20(18,19)16(3)14-6-4-5-13(14)8-15/h11-14H,4-10,15H2,1-3H3. The molecule has 0 aromatic heterocycles. The summed E-state index contributed by atoms with van der Waals surface area (Å²) in [4.78, 5) is 0. The normalized spacial score (nSPS) is 36.6. The predicted octanol–water partition coefficient (Wildman–Crippen LogP) is 1.27. The molecule has 20 heavy (non-hydrogen) atoms. The van der Waals surface area contributed by atoms with Crippen molar-refractivity contribution in [1.29, 1.82) is 0 Å². The molecule has 6 heteroatoms. The maximum absolute atomic E-state index is 12.8. The lowest BCUT2D eigenvalue weighted by molar-refractivity contribution is 0.200. The van der Waals surface area contributed by atoms with E-state index in [0.717, 1.165) is 25.7 Å². The summed E-state index contributed by atoms with van der Waals surface area (Å²) in [5.74, 6) is 1.20. The van der Waals surface area contributed by atoms with Crippen LogP contribution in [0.5, 0.6) is 0 Å². The molecule has 0 aromatic rings. The Balaban J connectivity index is 2.12. The van der Waals surface area contributed by atoms with E-state index < -0.39 is 10.2 Å². The first-order valence-corrected chi connectivity index (χ1v) is 9.19. The molecule has 0 spiro atoms. The number of nitrogens with two attached hydrogens (primary N) is 1. The van der Waals surface area contributed by atoms with Gasteiger partial charge in [-0.05, 0) is 43.6 Å². The van der Waals surface area contributed by atoms with E-state index in [1.807, 2.05) is 0 Å². The fourth-order valence-corrected chi connectivity index (χ4v) is 5.79. The predicted molar refractivity (Wildman–Crippen MR) is 81.4 cm³/mol. The molecular weight excluding hydrogens is 274 g/mol. The average molecular weight is 303 g/mol. The Bertz CT molecular complexity index is 416. The maximum atomic E-state index is 12.8. The highest BCUT2D eigenvalue weighted by atomic mass is 32.2. The van der Waals surface area contributed by atoms with Crippen LogP contribution in [-0.2, 0) is 10.2 Å². The zero-order valence-corrected chi connectivity index (χ0v) is 13.8. The number of nitrogens with zero attached hydrogens (tertiary/aromatic N) is 2. The summed E-state index contributed by atoms with van der Waals surface area (Å²) in [6.45, 7) is 6.15. The molecule has 5 nitrogen and oxygen atoms in total. The van der Waals surface area contributed by atoms with Gasteiger partial charge in [0.05, 0.1) is 0 Å². The first-order valence-electron chi connectivity index (χ1n) is 7.79. The average Bonchev–Trinajstić information content (AvgIpc) is 2.84. The Morgan fingerprint density at radius 2 is 1.80 bits per heavy atom. The van der Waals surface area contributed by atoms with Crippen molar-refractivity contribution in [2.75, 3.05) is 26.7 Å². The van der Waals surface area contributed by atoms with E-state index in [9.17, 15) is 8.42 Å². The van der Waals surface area contributed by atoms with Crippen LogP contribution in [-0.4, -0.2) is 49.8 Å². The van der Waals surface area contributed by atoms with Crippen molar-refractivity contribution in [1.82, 2.24) is 8.61 Å². The van der Waals surface area contributed by atoms with E-state index in [4.69, 9.17) is 5.73 Å². The minimum absolute atomic E-state index is 0.0811. The second-order valence-electron chi connectivity index (χ2n) is 6.78. The number of hydrogen-bond donors (Lipinski definition) is 1. The fourth-order valence-electron chi connectivity index (χ4n) is 3.92. The van der Waals surface area contributed by atoms with Gasteiger partial charge >= 0.3 is 0 Å². The monoisotopic (exact) mass is 303 g/mol. The first-order chi connectivity index (χ1) is 9.36. The largest absolute Gasteiger partial charge is 0.330 e. The lowest BCUT2D eigenvalue weighted by Crippen LogP contribution is -2.52. The Labute approximate surface area is 123 Å². The van der Waals surface area contributed by atoms with Crippen molar-refractivity contribution in [3.8, 4) is 0 Å². The number of hydrogen-bond acceptors (Lipinski definition) is 3. The summed E-state index contributed by atoms with van der Waals surface area (Å²) < 4.78 is 29.0. The molecule has 2 fully saturated rings. The van der Waals surface area contributed by atoms with Crippen molar-refractivity contribution >= 4 is 10.2 Å². The Hall–Kier alpha value is -0.170. The molecule has 0 radical (unpaired) electrons. The molecular formula is C14H29N3O2S. The Morgan fingerprint density at radius 3 is 2.35 bits per heavy atom. The summed E-state index contributed by atoms with van der Waals surface area (Å²) in [5, 5.41) is 0. The maximum Gasteiger partial charge on any atom is 0.282 e. The van der Waals surface area contributed by atoms with Crippen molar-refractivity contribution in [2.45, 2.75) is 45.6 Å². The van der Waals surface area contributed by atoms with Crippen LogP contribution in [0, 0.1) is 17.8 Å². The zero-order chi connectivity index (χ0) is 14.9. The van der Waals surface area contributed by atoms with Crippen molar-refractivity contribution < 1.29 is 8.42 Å². The molecule has 2 rings (SSSR count). The third-order valence-corrected chi connectivity index (χ3v) is 6.86. The van der Waals surface area contributed by atoms with Gasteiger partial charge in [-0.15, -0.1) is 0 Å².